The minimum Gasteiger partial charge on any atom is -0.396 e. The van der Waals surface area contributed by atoms with E-state index in [2.05, 4.69) is 15.4 Å². The number of rotatable bonds is 6. The number of thioether (sulfide) groups is 1. The molecule has 0 aliphatic carbocycles. The van der Waals surface area contributed by atoms with Crippen LogP contribution in [0.15, 0.2) is 11.2 Å². The minimum atomic E-state index is -0.547. The first-order valence-corrected chi connectivity index (χ1v) is 5.72. The molecule has 9 heteroatoms. The molecule has 17 heavy (non-hydrogen) atoms. The van der Waals surface area contributed by atoms with Gasteiger partial charge in [0.2, 0.25) is 5.95 Å². The Morgan fingerprint density at radius 2 is 2.47 bits per heavy atom. The number of nitrogen functional groups attached to an aromatic ring is 1. The summed E-state index contributed by atoms with van der Waals surface area (Å²) in [7, 11) is 0. The first-order chi connectivity index (χ1) is 8.08. The van der Waals surface area contributed by atoms with E-state index in [0.29, 0.717) is 6.42 Å². The number of nitrogens with zero attached hydrogens (tertiary/aromatic N) is 3. The van der Waals surface area contributed by atoms with Gasteiger partial charge in [-0.2, -0.15) is 4.98 Å². The van der Waals surface area contributed by atoms with Gasteiger partial charge in [-0.1, -0.05) is 18.7 Å². The molecule has 0 aliphatic rings. The molecule has 0 amide bonds. The fourth-order valence-electron chi connectivity index (χ4n) is 1.07. The van der Waals surface area contributed by atoms with Crippen molar-refractivity contribution in [2.24, 2.45) is 5.84 Å². The maximum absolute atomic E-state index is 10.8. The van der Waals surface area contributed by atoms with Crippen LogP contribution in [0.1, 0.15) is 13.3 Å². The van der Waals surface area contributed by atoms with Crippen LogP contribution in [0.5, 0.6) is 0 Å². The highest BCUT2D eigenvalue weighted by atomic mass is 32.2. The van der Waals surface area contributed by atoms with Crippen LogP contribution in [0.3, 0.4) is 0 Å². The lowest BCUT2D eigenvalue weighted by Gasteiger charge is -2.09. The Kier molecular flexibility index (Phi) is 5.07. The van der Waals surface area contributed by atoms with Gasteiger partial charge in [0.1, 0.15) is 6.20 Å². The van der Waals surface area contributed by atoms with Crippen molar-refractivity contribution in [3.05, 3.63) is 16.3 Å². The molecule has 8 nitrogen and oxygen atoms in total. The van der Waals surface area contributed by atoms with Crippen LogP contribution in [-0.2, 0) is 0 Å². The summed E-state index contributed by atoms with van der Waals surface area (Å²) < 4.78 is 0. The lowest BCUT2D eigenvalue weighted by molar-refractivity contribution is -0.388. The van der Waals surface area contributed by atoms with Crippen LogP contribution < -0.4 is 11.3 Å². The minimum absolute atomic E-state index is 0.0132. The Balaban J connectivity index is 2.96. The summed E-state index contributed by atoms with van der Waals surface area (Å²) in [6.07, 6.45) is 1.63. The van der Waals surface area contributed by atoms with Gasteiger partial charge in [-0.05, 0) is 6.42 Å². The quantitative estimate of drug-likeness (QED) is 0.222. The monoisotopic (exact) mass is 259 g/mol. The van der Waals surface area contributed by atoms with Gasteiger partial charge < -0.3 is 5.11 Å². The number of nitro groups is 1. The Hall–Kier alpha value is -1.45. The molecule has 0 saturated heterocycles. The van der Waals surface area contributed by atoms with Gasteiger partial charge in [-0.3, -0.25) is 15.5 Å². The highest BCUT2D eigenvalue weighted by Crippen LogP contribution is 2.31. The Labute approximate surface area is 102 Å². The van der Waals surface area contributed by atoms with Gasteiger partial charge in [-0.15, -0.1) is 0 Å². The van der Waals surface area contributed by atoms with E-state index in [4.69, 9.17) is 10.9 Å². The predicted octanol–water partition coefficient (Wildman–Crippen LogP) is 0.533. The van der Waals surface area contributed by atoms with E-state index in [1.807, 2.05) is 6.92 Å². The van der Waals surface area contributed by atoms with Crippen LogP contribution >= 0.6 is 11.8 Å². The summed E-state index contributed by atoms with van der Waals surface area (Å²) in [4.78, 5) is 17.8. The highest BCUT2D eigenvalue weighted by molar-refractivity contribution is 8.00. The second-order valence-electron chi connectivity index (χ2n) is 3.23. The van der Waals surface area contributed by atoms with Gasteiger partial charge in [-0.25, -0.2) is 10.8 Å². The topological polar surface area (TPSA) is 127 Å². The Morgan fingerprint density at radius 1 is 1.76 bits per heavy atom. The summed E-state index contributed by atoms with van der Waals surface area (Å²) >= 11 is 1.20. The molecule has 0 aromatic carbocycles. The van der Waals surface area contributed by atoms with Crippen molar-refractivity contribution in [1.82, 2.24) is 9.97 Å². The molecule has 0 radical (unpaired) electrons. The second kappa shape index (κ2) is 6.33. The van der Waals surface area contributed by atoms with E-state index in [1.165, 1.54) is 11.8 Å². The van der Waals surface area contributed by atoms with Gasteiger partial charge in [0.05, 0.1) is 4.92 Å². The first-order valence-electron chi connectivity index (χ1n) is 4.84. The Bertz CT molecular complexity index is 403. The molecule has 1 rings (SSSR count). The number of hydrogen-bond donors (Lipinski definition) is 3. The lowest BCUT2D eigenvalue weighted by atomic mass is 10.3. The van der Waals surface area contributed by atoms with Gasteiger partial charge >= 0.3 is 5.69 Å². The van der Waals surface area contributed by atoms with Crippen LogP contribution in [0.25, 0.3) is 0 Å². The average molecular weight is 259 g/mol. The van der Waals surface area contributed by atoms with Crippen molar-refractivity contribution in [2.75, 3.05) is 12.0 Å². The molecule has 0 saturated carbocycles. The molecule has 94 valence electrons. The van der Waals surface area contributed by atoms with Crippen molar-refractivity contribution in [3.8, 4) is 0 Å². The van der Waals surface area contributed by atoms with Gasteiger partial charge in [0.25, 0.3) is 0 Å². The molecule has 0 bridgehead atoms. The number of anilines is 1. The Morgan fingerprint density at radius 3 is 3.00 bits per heavy atom. The summed E-state index contributed by atoms with van der Waals surface area (Å²) in [5.74, 6) is 5.26. The average Bonchev–Trinajstić information content (AvgIpc) is 2.28. The van der Waals surface area contributed by atoms with E-state index >= 15 is 0 Å². The molecular formula is C8H13N5O3S. The summed E-state index contributed by atoms with van der Waals surface area (Å²) in [5, 5.41) is 19.8. The van der Waals surface area contributed by atoms with Gasteiger partial charge in [0.15, 0.2) is 5.03 Å². The third kappa shape index (κ3) is 3.80. The molecule has 0 aliphatic heterocycles. The van der Waals surface area contributed by atoms with Crippen molar-refractivity contribution in [1.29, 1.82) is 0 Å². The first kappa shape index (κ1) is 13.6. The number of aliphatic hydroxyl groups excluding tert-OH is 1. The van der Waals surface area contributed by atoms with Gasteiger partial charge in [0, 0.05) is 11.9 Å². The van der Waals surface area contributed by atoms with Crippen molar-refractivity contribution < 1.29 is 10.0 Å². The van der Waals surface area contributed by atoms with Crippen LogP contribution in [-0.4, -0.2) is 31.9 Å². The number of hydrogen-bond acceptors (Lipinski definition) is 8. The molecule has 4 N–H and O–H groups in total. The van der Waals surface area contributed by atoms with E-state index in [9.17, 15) is 10.1 Å². The predicted molar refractivity (Wildman–Crippen MR) is 63.5 cm³/mol. The fraction of sp³-hybridized carbons (Fsp3) is 0.500. The van der Waals surface area contributed by atoms with Crippen molar-refractivity contribution in [3.63, 3.8) is 0 Å². The third-order valence-electron chi connectivity index (χ3n) is 1.91. The molecule has 1 unspecified atom stereocenters. The summed E-state index contributed by atoms with van der Waals surface area (Å²) in [6, 6.07) is 0. The second-order valence-corrected chi connectivity index (χ2v) is 4.65. The van der Waals surface area contributed by atoms with Crippen molar-refractivity contribution >= 4 is 23.4 Å². The maximum atomic E-state index is 10.8. The van der Waals surface area contributed by atoms with Crippen LogP contribution in [0, 0.1) is 10.1 Å². The molecule has 0 fully saturated rings. The van der Waals surface area contributed by atoms with Crippen molar-refractivity contribution in [2.45, 2.75) is 23.6 Å². The number of aromatic nitrogens is 2. The number of nitrogens with one attached hydrogen (secondary N) is 1. The van der Waals surface area contributed by atoms with E-state index in [0.717, 1.165) is 6.20 Å². The molecule has 1 aromatic rings. The van der Waals surface area contributed by atoms with E-state index in [1.54, 1.807) is 0 Å². The summed E-state index contributed by atoms with van der Waals surface area (Å²) in [5.41, 5.74) is 2.06. The summed E-state index contributed by atoms with van der Waals surface area (Å²) in [6.45, 7) is 1.87. The zero-order valence-electron chi connectivity index (χ0n) is 9.16. The zero-order valence-corrected chi connectivity index (χ0v) is 9.98. The zero-order chi connectivity index (χ0) is 12.8. The fourth-order valence-corrected chi connectivity index (χ4v) is 2.06. The number of hydrazine groups is 1. The van der Waals surface area contributed by atoms with Crippen LogP contribution in [0.2, 0.25) is 0 Å². The maximum Gasteiger partial charge on any atom is 0.319 e. The highest BCUT2D eigenvalue weighted by Gasteiger charge is 2.19. The third-order valence-corrected chi connectivity index (χ3v) is 3.07. The molecule has 1 atom stereocenters. The largest absolute Gasteiger partial charge is 0.396 e. The van der Waals surface area contributed by atoms with E-state index < -0.39 is 4.92 Å². The molecule has 1 heterocycles. The van der Waals surface area contributed by atoms with Crippen LogP contribution in [0.4, 0.5) is 11.6 Å². The number of nitrogens with two attached hydrogens (primary N) is 1. The van der Waals surface area contributed by atoms with E-state index in [-0.39, 0.29) is 28.5 Å². The molecule has 0 spiro atoms. The number of aliphatic hydroxyl groups is 1. The lowest BCUT2D eigenvalue weighted by Crippen LogP contribution is -2.12. The standard InChI is InChI=1S/C8H13N5O3S/c1-5(2-3-14)17-7-6(13(15)16)4-10-8(11-7)12-9/h4-5,14H,2-3,9H2,1H3,(H,10,11,12). The smallest absolute Gasteiger partial charge is 0.319 e. The normalized spacial score (nSPS) is 12.2. The molecule has 1 aromatic heterocycles. The molecular weight excluding hydrogens is 246 g/mol. The SMILES string of the molecule is CC(CCO)Sc1nc(NN)ncc1[N+](=O)[O-].